The van der Waals surface area contributed by atoms with E-state index in [1.165, 1.54) is 5.56 Å². The lowest BCUT2D eigenvalue weighted by Crippen LogP contribution is -2.55. The molecule has 0 unspecified atom stereocenters. The molecule has 1 fully saturated rings. The second-order valence-electron chi connectivity index (χ2n) is 10.1. The number of nitrogens with zero attached hydrogens (tertiary/aromatic N) is 2. The van der Waals surface area contributed by atoms with E-state index in [1.54, 1.807) is 0 Å². The van der Waals surface area contributed by atoms with E-state index >= 15 is 0 Å². The summed E-state index contributed by atoms with van der Waals surface area (Å²) >= 11 is 6.09. The van der Waals surface area contributed by atoms with Gasteiger partial charge in [-0.3, -0.25) is 4.90 Å². The molecule has 0 radical (unpaired) electrons. The number of pyridine rings is 1. The number of rotatable bonds is 5. The van der Waals surface area contributed by atoms with Crippen LogP contribution >= 0.6 is 11.6 Å². The van der Waals surface area contributed by atoms with Gasteiger partial charge in [0.05, 0.1) is 6.04 Å². The Morgan fingerprint density at radius 3 is 2.53 bits per heavy atom. The predicted molar refractivity (Wildman–Crippen MR) is 129 cm³/mol. The first-order chi connectivity index (χ1) is 14.0. The van der Waals surface area contributed by atoms with Crippen LogP contribution in [0, 0.1) is 0 Å². The van der Waals surface area contributed by atoms with Gasteiger partial charge < -0.3 is 9.74 Å². The summed E-state index contributed by atoms with van der Waals surface area (Å²) in [5.41, 5.74) is 2.39. The lowest BCUT2D eigenvalue weighted by molar-refractivity contribution is 0.113. The molecule has 6 heteroatoms. The monoisotopic (exact) mass is 445 g/mol. The molecule has 0 aliphatic carbocycles. The second kappa shape index (κ2) is 8.99. The van der Waals surface area contributed by atoms with Crippen molar-refractivity contribution in [3.05, 3.63) is 58.9 Å². The summed E-state index contributed by atoms with van der Waals surface area (Å²) in [7, 11) is -1.91. The largest absolute Gasteiger partial charge is 0.543 e. The zero-order valence-corrected chi connectivity index (χ0v) is 21.1. The van der Waals surface area contributed by atoms with Crippen LogP contribution in [0.5, 0.6) is 5.75 Å². The Labute approximate surface area is 188 Å². The molecule has 0 amide bonds. The van der Waals surface area contributed by atoms with Gasteiger partial charge >= 0.3 is 0 Å². The molecule has 3 atom stereocenters. The summed E-state index contributed by atoms with van der Waals surface area (Å²) in [5.74, 6) is 0.960. The van der Waals surface area contributed by atoms with Crippen molar-refractivity contribution in [1.82, 2.24) is 15.2 Å². The summed E-state index contributed by atoms with van der Waals surface area (Å²) in [4.78, 5) is 6.94. The molecule has 1 aromatic heterocycles. The minimum Gasteiger partial charge on any atom is -0.543 e. The molecule has 1 aromatic carbocycles. The Kier molecular flexibility index (Phi) is 6.97. The zero-order valence-electron chi connectivity index (χ0n) is 19.4. The third-order valence-corrected chi connectivity index (χ3v) is 11.1. The number of benzene rings is 1. The van der Waals surface area contributed by atoms with Gasteiger partial charge in [0, 0.05) is 31.4 Å². The summed E-state index contributed by atoms with van der Waals surface area (Å²) in [6, 6.07) is 13.6. The van der Waals surface area contributed by atoms with Crippen LogP contribution in [0.25, 0.3) is 0 Å². The van der Waals surface area contributed by atoms with Crippen LogP contribution < -0.4 is 9.74 Å². The highest BCUT2D eigenvalue weighted by Gasteiger charge is 2.39. The van der Waals surface area contributed by atoms with E-state index in [-0.39, 0.29) is 11.1 Å². The van der Waals surface area contributed by atoms with Gasteiger partial charge in [0.15, 0.2) is 0 Å². The van der Waals surface area contributed by atoms with E-state index in [0.29, 0.717) is 17.2 Å². The van der Waals surface area contributed by atoms with Crippen LogP contribution in [-0.4, -0.2) is 43.4 Å². The second-order valence-corrected chi connectivity index (χ2v) is 15.2. The average Bonchev–Trinajstić information content (AvgIpc) is 2.65. The molecule has 1 N–H and O–H groups in total. The standard InChI is InChI=1S/C24H36ClN3OSi/c1-17-16-28(18(2)14-26-17)23(20-11-12-22(25)27-15-20)19-9-8-10-21(13-19)29-30(6,7)24(3,4)5/h8-13,15,17-18,23,26H,14,16H2,1-7H3/t17-,18+,23+/m1/s1. The van der Waals surface area contributed by atoms with Crippen LogP contribution in [0.1, 0.15) is 51.8 Å². The fourth-order valence-electron chi connectivity index (χ4n) is 3.73. The molecular formula is C24H36ClN3OSi. The third kappa shape index (κ3) is 5.25. The first-order valence-electron chi connectivity index (χ1n) is 10.9. The Morgan fingerprint density at radius 2 is 1.90 bits per heavy atom. The van der Waals surface area contributed by atoms with Gasteiger partial charge in [0.2, 0.25) is 8.32 Å². The number of hydrogen-bond acceptors (Lipinski definition) is 4. The lowest BCUT2D eigenvalue weighted by Gasteiger charge is -2.43. The molecule has 2 heterocycles. The highest BCUT2D eigenvalue weighted by molar-refractivity contribution is 6.74. The van der Waals surface area contributed by atoms with Crippen LogP contribution in [0.3, 0.4) is 0 Å². The average molecular weight is 446 g/mol. The van der Waals surface area contributed by atoms with E-state index in [0.717, 1.165) is 24.4 Å². The molecule has 2 aromatic rings. The van der Waals surface area contributed by atoms with E-state index in [2.05, 4.69) is 93.2 Å². The number of halogens is 1. The molecule has 1 aliphatic rings. The molecule has 1 aliphatic heterocycles. The summed E-state index contributed by atoms with van der Waals surface area (Å²) < 4.78 is 6.62. The van der Waals surface area contributed by atoms with Crippen molar-refractivity contribution in [2.75, 3.05) is 13.1 Å². The van der Waals surface area contributed by atoms with Crippen molar-refractivity contribution in [1.29, 1.82) is 0 Å². The van der Waals surface area contributed by atoms with Crippen molar-refractivity contribution in [3.8, 4) is 5.75 Å². The van der Waals surface area contributed by atoms with Crippen molar-refractivity contribution in [2.45, 2.75) is 70.9 Å². The van der Waals surface area contributed by atoms with E-state index in [1.807, 2.05) is 12.3 Å². The van der Waals surface area contributed by atoms with Gasteiger partial charge in [-0.25, -0.2) is 4.98 Å². The van der Waals surface area contributed by atoms with Crippen LogP contribution in [0.15, 0.2) is 42.6 Å². The Bertz CT molecular complexity index is 850. The Hall–Kier alpha value is -1.40. The number of piperazine rings is 1. The minimum atomic E-state index is -1.91. The first-order valence-corrected chi connectivity index (χ1v) is 14.2. The number of nitrogens with one attached hydrogen (secondary N) is 1. The molecule has 164 valence electrons. The fraction of sp³-hybridized carbons (Fsp3) is 0.542. The predicted octanol–water partition coefficient (Wildman–Crippen LogP) is 5.89. The van der Waals surface area contributed by atoms with Gasteiger partial charge in [0.25, 0.3) is 0 Å². The van der Waals surface area contributed by atoms with Crippen molar-refractivity contribution >= 4 is 19.9 Å². The molecule has 0 bridgehead atoms. The summed E-state index contributed by atoms with van der Waals surface area (Å²) in [6.07, 6.45) is 1.91. The van der Waals surface area contributed by atoms with Crippen LogP contribution in [0.2, 0.25) is 23.3 Å². The summed E-state index contributed by atoms with van der Waals surface area (Å²) in [6.45, 7) is 17.9. The minimum absolute atomic E-state index is 0.109. The third-order valence-electron chi connectivity index (χ3n) is 6.56. The fourth-order valence-corrected chi connectivity index (χ4v) is 4.86. The molecule has 1 saturated heterocycles. The molecule has 0 spiro atoms. The van der Waals surface area contributed by atoms with Crippen molar-refractivity contribution in [2.24, 2.45) is 0 Å². The molecule has 4 nitrogen and oxygen atoms in total. The van der Waals surface area contributed by atoms with Gasteiger partial charge in [-0.15, -0.1) is 0 Å². The van der Waals surface area contributed by atoms with E-state index in [4.69, 9.17) is 16.0 Å². The number of hydrogen-bond donors (Lipinski definition) is 1. The smallest absolute Gasteiger partial charge is 0.250 e. The summed E-state index contributed by atoms with van der Waals surface area (Å²) in [5, 5.41) is 4.27. The molecule has 3 rings (SSSR count). The maximum atomic E-state index is 6.62. The van der Waals surface area contributed by atoms with Crippen molar-refractivity contribution in [3.63, 3.8) is 0 Å². The highest BCUT2D eigenvalue weighted by Crippen LogP contribution is 2.39. The van der Waals surface area contributed by atoms with E-state index < -0.39 is 8.32 Å². The topological polar surface area (TPSA) is 37.4 Å². The first kappa shape index (κ1) is 23.3. The van der Waals surface area contributed by atoms with Crippen molar-refractivity contribution < 1.29 is 4.43 Å². The molecule has 30 heavy (non-hydrogen) atoms. The van der Waals surface area contributed by atoms with Gasteiger partial charge in [-0.2, -0.15) is 0 Å². The molecule has 0 saturated carbocycles. The normalized spacial score (nSPS) is 22.0. The Morgan fingerprint density at radius 1 is 1.17 bits per heavy atom. The van der Waals surface area contributed by atoms with E-state index in [9.17, 15) is 0 Å². The zero-order chi connectivity index (χ0) is 22.1. The quantitative estimate of drug-likeness (QED) is 0.459. The van der Waals surface area contributed by atoms with Crippen LogP contribution in [0.4, 0.5) is 0 Å². The van der Waals surface area contributed by atoms with Gasteiger partial charge in [-0.1, -0.05) is 50.6 Å². The maximum absolute atomic E-state index is 6.62. The lowest BCUT2D eigenvalue weighted by atomic mass is 9.95. The maximum Gasteiger partial charge on any atom is 0.250 e. The van der Waals surface area contributed by atoms with Gasteiger partial charge in [0.1, 0.15) is 10.9 Å². The SMILES string of the molecule is C[C@@H]1CN([C@H](c2ccc(Cl)nc2)c2cccc(O[Si](C)(C)C(C)(C)C)c2)[C@@H](C)CN1. The molecular weight excluding hydrogens is 410 g/mol. The number of aromatic nitrogens is 1. The Balaban J connectivity index is 2.01. The van der Waals surface area contributed by atoms with Crippen LogP contribution in [-0.2, 0) is 0 Å². The van der Waals surface area contributed by atoms with Gasteiger partial charge in [-0.05, 0) is 61.3 Å². The highest BCUT2D eigenvalue weighted by atomic mass is 35.5.